The van der Waals surface area contributed by atoms with Gasteiger partial charge < -0.3 is 37.6 Å². The summed E-state index contributed by atoms with van der Waals surface area (Å²) in [4.78, 5) is 0. The van der Waals surface area contributed by atoms with Crippen LogP contribution in [0.5, 0.6) is 0 Å². The molecule has 0 atom stereocenters. The first-order chi connectivity index (χ1) is 14.1. The fourth-order valence-electron chi connectivity index (χ4n) is 1.88. The summed E-state index contributed by atoms with van der Waals surface area (Å²) in [5, 5.41) is 0. The van der Waals surface area contributed by atoms with Crippen molar-refractivity contribution in [3.8, 4) is 0 Å². The third-order valence-corrected chi connectivity index (χ3v) is 4.44. The Bertz CT molecular complexity index is 321. The van der Waals surface area contributed by atoms with Gasteiger partial charge in [0.15, 0.2) is 8.32 Å². The Labute approximate surface area is 182 Å². The lowest BCUT2D eigenvalue weighted by molar-refractivity contribution is -0.0209. The van der Waals surface area contributed by atoms with Crippen LogP contribution in [0.2, 0.25) is 19.6 Å². The number of halogens is 1. The van der Waals surface area contributed by atoms with Crippen LogP contribution in [0.4, 0.5) is 0 Å². The van der Waals surface area contributed by atoms with Gasteiger partial charge >= 0.3 is 0 Å². The molecule has 0 saturated heterocycles. The SMILES string of the molecule is C[Si](C)(C)OCCOCCOCCOCCOCCOCCOCCOCCCl. The standard InChI is InChI=1S/C19H41ClO8Si/c1-29(2,3)28-19-18-27-17-16-26-15-14-25-13-12-24-11-10-23-9-8-22-7-6-21-5-4-20/h4-19H2,1-3H3. The highest BCUT2D eigenvalue weighted by Gasteiger charge is 2.12. The van der Waals surface area contributed by atoms with Gasteiger partial charge in [-0.25, -0.2) is 0 Å². The lowest BCUT2D eigenvalue weighted by atomic mass is 10.6. The average molecular weight is 461 g/mol. The van der Waals surface area contributed by atoms with Crippen LogP contribution >= 0.6 is 11.6 Å². The van der Waals surface area contributed by atoms with E-state index in [0.29, 0.717) is 105 Å². The van der Waals surface area contributed by atoms with Crippen molar-refractivity contribution >= 4 is 19.9 Å². The van der Waals surface area contributed by atoms with Crippen LogP contribution in [-0.2, 0) is 37.6 Å². The van der Waals surface area contributed by atoms with E-state index in [9.17, 15) is 0 Å². The molecule has 0 amide bonds. The predicted octanol–water partition coefficient (Wildman–Crippen LogP) is 2.19. The van der Waals surface area contributed by atoms with Crippen LogP contribution in [0.1, 0.15) is 0 Å². The molecule has 0 aliphatic heterocycles. The van der Waals surface area contributed by atoms with E-state index in [-0.39, 0.29) is 0 Å². The first kappa shape index (κ1) is 29.2. The van der Waals surface area contributed by atoms with Crippen LogP contribution in [0.15, 0.2) is 0 Å². The highest BCUT2D eigenvalue weighted by Crippen LogP contribution is 2.01. The van der Waals surface area contributed by atoms with Gasteiger partial charge in [-0.2, -0.15) is 0 Å². The number of rotatable bonds is 24. The molecule has 0 aromatic rings. The quantitative estimate of drug-likeness (QED) is 0.123. The molecule has 0 aliphatic carbocycles. The van der Waals surface area contributed by atoms with Crippen molar-refractivity contribution in [1.29, 1.82) is 0 Å². The second-order valence-corrected chi connectivity index (χ2v) is 11.8. The summed E-state index contributed by atoms with van der Waals surface area (Å²) in [7, 11) is -1.43. The van der Waals surface area contributed by atoms with E-state index >= 15 is 0 Å². The number of hydrogen-bond acceptors (Lipinski definition) is 8. The molecule has 0 saturated carbocycles. The molecule has 0 unspecified atom stereocenters. The summed E-state index contributed by atoms with van der Waals surface area (Å²) in [6.07, 6.45) is 0. The first-order valence-corrected chi connectivity index (χ1v) is 14.2. The van der Waals surface area contributed by atoms with Gasteiger partial charge in [0.25, 0.3) is 0 Å². The lowest BCUT2D eigenvalue weighted by Crippen LogP contribution is -2.27. The third kappa shape index (κ3) is 28.2. The van der Waals surface area contributed by atoms with E-state index in [2.05, 4.69) is 19.6 Å². The van der Waals surface area contributed by atoms with E-state index in [1.165, 1.54) is 0 Å². The fourth-order valence-corrected chi connectivity index (χ4v) is 2.69. The van der Waals surface area contributed by atoms with Gasteiger partial charge in [0.2, 0.25) is 0 Å². The fraction of sp³-hybridized carbons (Fsp3) is 1.00. The molecule has 0 heterocycles. The van der Waals surface area contributed by atoms with Crippen molar-refractivity contribution in [2.75, 3.05) is 105 Å². The summed E-state index contributed by atoms with van der Waals surface area (Å²) >= 11 is 5.49. The average Bonchev–Trinajstić information content (AvgIpc) is 2.67. The van der Waals surface area contributed by atoms with Crippen LogP contribution in [0.3, 0.4) is 0 Å². The van der Waals surface area contributed by atoms with Crippen molar-refractivity contribution in [3.05, 3.63) is 0 Å². The maximum atomic E-state index is 5.69. The van der Waals surface area contributed by atoms with Crippen LogP contribution < -0.4 is 0 Å². The number of ether oxygens (including phenoxy) is 7. The summed E-state index contributed by atoms with van der Waals surface area (Å²) in [6, 6.07) is 0. The minimum atomic E-state index is -1.43. The molecule has 0 fully saturated rings. The summed E-state index contributed by atoms with van der Waals surface area (Å²) < 4.78 is 43.3. The van der Waals surface area contributed by atoms with Gasteiger partial charge in [-0.15, -0.1) is 11.6 Å². The molecule has 0 aromatic carbocycles. The normalized spacial score (nSPS) is 12.0. The summed E-state index contributed by atoms with van der Waals surface area (Å²) in [5.41, 5.74) is 0. The molecule has 0 rings (SSSR count). The van der Waals surface area contributed by atoms with Crippen molar-refractivity contribution < 1.29 is 37.6 Å². The van der Waals surface area contributed by atoms with Gasteiger partial charge in [0.1, 0.15) is 0 Å². The van der Waals surface area contributed by atoms with E-state index < -0.39 is 8.32 Å². The first-order valence-electron chi connectivity index (χ1n) is 10.3. The third-order valence-electron chi connectivity index (χ3n) is 3.22. The number of alkyl halides is 1. The highest BCUT2D eigenvalue weighted by molar-refractivity contribution is 6.69. The molecule has 0 N–H and O–H groups in total. The van der Waals surface area contributed by atoms with Crippen LogP contribution in [-0.4, -0.2) is 113 Å². The molecule has 0 aromatic heterocycles. The molecule has 29 heavy (non-hydrogen) atoms. The Hall–Kier alpha value is 0.187. The topological polar surface area (TPSA) is 73.8 Å². The van der Waals surface area contributed by atoms with E-state index in [4.69, 9.17) is 49.2 Å². The van der Waals surface area contributed by atoms with Gasteiger partial charge in [0, 0.05) is 5.88 Å². The smallest absolute Gasteiger partial charge is 0.183 e. The minimum absolute atomic E-state index is 0.507. The van der Waals surface area contributed by atoms with E-state index in [0.717, 1.165) is 0 Å². The Morgan fingerprint density at radius 3 is 0.897 bits per heavy atom. The molecule has 0 radical (unpaired) electrons. The lowest BCUT2D eigenvalue weighted by Gasteiger charge is -2.16. The molecule has 0 aliphatic rings. The van der Waals surface area contributed by atoms with E-state index in [1.807, 2.05) is 0 Å². The monoisotopic (exact) mass is 460 g/mol. The van der Waals surface area contributed by atoms with Crippen molar-refractivity contribution in [3.63, 3.8) is 0 Å². The maximum absolute atomic E-state index is 5.69. The van der Waals surface area contributed by atoms with Gasteiger partial charge in [-0.3, -0.25) is 0 Å². The zero-order valence-electron chi connectivity index (χ0n) is 18.5. The maximum Gasteiger partial charge on any atom is 0.183 e. The molecular formula is C19H41ClO8Si. The summed E-state index contributed by atoms with van der Waals surface area (Å²) in [6.45, 7) is 14.9. The molecular weight excluding hydrogens is 420 g/mol. The molecule has 0 bridgehead atoms. The Morgan fingerprint density at radius 1 is 0.414 bits per heavy atom. The number of hydrogen-bond donors (Lipinski definition) is 0. The Morgan fingerprint density at radius 2 is 0.655 bits per heavy atom. The van der Waals surface area contributed by atoms with Crippen LogP contribution in [0.25, 0.3) is 0 Å². The second-order valence-electron chi connectivity index (χ2n) is 6.94. The zero-order chi connectivity index (χ0) is 21.5. The molecule has 8 nitrogen and oxygen atoms in total. The zero-order valence-corrected chi connectivity index (χ0v) is 20.2. The second kappa shape index (κ2) is 22.9. The molecule has 0 spiro atoms. The Balaban J connectivity index is 3.02. The highest BCUT2D eigenvalue weighted by atomic mass is 35.5. The van der Waals surface area contributed by atoms with E-state index in [1.54, 1.807) is 0 Å². The van der Waals surface area contributed by atoms with Crippen LogP contribution in [0, 0.1) is 0 Å². The largest absolute Gasteiger partial charge is 0.415 e. The minimum Gasteiger partial charge on any atom is -0.415 e. The Kier molecular flexibility index (Phi) is 23.0. The van der Waals surface area contributed by atoms with Gasteiger partial charge in [-0.05, 0) is 19.6 Å². The van der Waals surface area contributed by atoms with Crippen molar-refractivity contribution in [2.45, 2.75) is 19.6 Å². The summed E-state index contributed by atoms with van der Waals surface area (Å²) in [5.74, 6) is 0.507. The predicted molar refractivity (Wildman–Crippen MR) is 116 cm³/mol. The van der Waals surface area contributed by atoms with Gasteiger partial charge in [-0.1, -0.05) is 0 Å². The molecule has 10 heteroatoms. The van der Waals surface area contributed by atoms with Crippen molar-refractivity contribution in [2.24, 2.45) is 0 Å². The molecule has 176 valence electrons. The van der Waals surface area contributed by atoms with Gasteiger partial charge in [0.05, 0.1) is 99.1 Å². The van der Waals surface area contributed by atoms with Crippen molar-refractivity contribution in [1.82, 2.24) is 0 Å².